The largest absolute Gasteiger partial charge is 0.484 e. The number of nitrogens with zero attached hydrogens (tertiary/aromatic N) is 3. The number of benzene rings is 1. The molecule has 1 aliphatic heterocycles. The Hall–Kier alpha value is -3.36. The number of hydrogen-bond acceptors (Lipinski definition) is 8. The Labute approximate surface area is 186 Å². The molecule has 1 aromatic heterocycles. The van der Waals surface area contributed by atoms with Gasteiger partial charge < -0.3 is 18.8 Å². The molecule has 0 atom stereocenters. The summed E-state index contributed by atoms with van der Waals surface area (Å²) in [6.45, 7) is 2.19. The van der Waals surface area contributed by atoms with E-state index in [4.69, 9.17) is 19.2 Å². The summed E-state index contributed by atoms with van der Waals surface area (Å²) in [5.74, 6) is -0.664. The summed E-state index contributed by atoms with van der Waals surface area (Å²) in [6, 6.07) is 11.4. The first kappa shape index (κ1) is 23.3. The van der Waals surface area contributed by atoms with E-state index in [1.165, 1.54) is 21.3 Å². The quantitative estimate of drug-likeness (QED) is 0.540. The molecule has 0 unspecified atom stereocenters. The maximum Gasteiger partial charge on any atom is 0.374 e. The number of ether oxygens (including phenoxy) is 2. The molecule has 3 rings (SSSR count). The van der Waals surface area contributed by atoms with Crippen molar-refractivity contribution in [1.82, 2.24) is 9.21 Å². The second-order valence-electron chi connectivity index (χ2n) is 6.89. The highest BCUT2D eigenvalue weighted by atomic mass is 32.2. The molecule has 1 fully saturated rings. The molecule has 0 radical (unpaired) electrons. The first-order valence-electron chi connectivity index (χ1n) is 9.98. The average Bonchev–Trinajstić information content (AvgIpc) is 3.30. The standard InChI is InChI=1S/C21H23N3O7S/c1-2-29-21(26)18-7-8-20(31-18)32(27,28)24-13-11-23(12-14-24)19(25)15-30-17-5-3-16(4-6-17)9-10-22/h3-8H,2,9,11-15H2,1H3. The van der Waals surface area contributed by atoms with Crippen molar-refractivity contribution in [1.29, 1.82) is 5.26 Å². The minimum Gasteiger partial charge on any atom is -0.484 e. The Morgan fingerprint density at radius 1 is 1.09 bits per heavy atom. The molecule has 1 saturated heterocycles. The zero-order chi connectivity index (χ0) is 23.1. The summed E-state index contributed by atoms with van der Waals surface area (Å²) in [4.78, 5) is 25.7. The van der Waals surface area contributed by atoms with Gasteiger partial charge in [0, 0.05) is 26.2 Å². The van der Waals surface area contributed by atoms with Crippen molar-refractivity contribution in [3.8, 4) is 11.8 Å². The van der Waals surface area contributed by atoms with Gasteiger partial charge in [0.15, 0.2) is 6.61 Å². The highest BCUT2D eigenvalue weighted by molar-refractivity contribution is 7.89. The minimum absolute atomic E-state index is 0.0897. The van der Waals surface area contributed by atoms with Crippen LogP contribution in [0, 0.1) is 11.3 Å². The molecule has 11 heteroatoms. The predicted octanol–water partition coefficient (Wildman–Crippen LogP) is 1.43. The first-order chi connectivity index (χ1) is 15.3. The molecule has 0 saturated carbocycles. The molecule has 10 nitrogen and oxygen atoms in total. The molecule has 170 valence electrons. The van der Waals surface area contributed by atoms with E-state index < -0.39 is 16.0 Å². The fraction of sp³-hybridized carbons (Fsp3) is 0.381. The van der Waals surface area contributed by atoms with Crippen LogP contribution < -0.4 is 4.74 Å². The molecule has 0 N–H and O–H groups in total. The summed E-state index contributed by atoms with van der Waals surface area (Å²) in [5.41, 5.74) is 0.856. The zero-order valence-electron chi connectivity index (χ0n) is 17.5. The van der Waals surface area contributed by atoms with E-state index in [2.05, 4.69) is 6.07 Å². The molecule has 0 spiro atoms. The summed E-state index contributed by atoms with van der Waals surface area (Å²) in [5, 5.41) is 8.35. The molecule has 2 heterocycles. The van der Waals surface area contributed by atoms with Gasteiger partial charge in [-0.15, -0.1) is 0 Å². The second kappa shape index (κ2) is 10.3. The van der Waals surface area contributed by atoms with Gasteiger partial charge in [0.2, 0.25) is 10.9 Å². The van der Waals surface area contributed by atoms with Gasteiger partial charge in [-0.25, -0.2) is 13.2 Å². The van der Waals surface area contributed by atoms with Crippen molar-refractivity contribution < 1.29 is 31.9 Å². The molecule has 0 bridgehead atoms. The molecule has 0 aliphatic carbocycles. The van der Waals surface area contributed by atoms with E-state index in [1.54, 1.807) is 31.2 Å². The third-order valence-corrected chi connectivity index (χ3v) is 6.59. The Morgan fingerprint density at radius 3 is 2.41 bits per heavy atom. The number of hydrogen-bond donors (Lipinski definition) is 0. The van der Waals surface area contributed by atoms with Gasteiger partial charge in [-0.1, -0.05) is 12.1 Å². The van der Waals surface area contributed by atoms with Gasteiger partial charge in [0.25, 0.3) is 15.9 Å². The van der Waals surface area contributed by atoms with Gasteiger partial charge in [-0.3, -0.25) is 4.79 Å². The molecule has 1 aliphatic rings. The molecule has 1 aromatic carbocycles. The molecule has 1 amide bonds. The Morgan fingerprint density at radius 2 is 1.78 bits per heavy atom. The van der Waals surface area contributed by atoms with Crippen LogP contribution in [0.2, 0.25) is 0 Å². The van der Waals surface area contributed by atoms with Crippen molar-refractivity contribution in [3.63, 3.8) is 0 Å². The number of carbonyl (C=O) groups is 2. The average molecular weight is 461 g/mol. The Bertz CT molecular complexity index is 1100. The van der Waals surface area contributed by atoms with E-state index in [1.807, 2.05) is 0 Å². The summed E-state index contributed by atoms with van der Waals surface area (Å²) < 4.78 is 42.2. The van der Waals surface area contributed by atoms with Gasteiger partial charge in [0.1, 0.15) is 5.75 Å². The summed E-state index contributed by atoms with van der Waals surface area (Å²) in [6.07, 6.45) is 0.300. The van der Waals surface area contributed by atoms with Gasteiger partial charge in [0.05, 0.1) is 19.1 Å². The molecular weight excluding hydrogens is 438 g/mol. The topological polar surface area (TPSA) is 130 Å². The smallest absolute Gasteiger partial charge is 0.374 e. The highest BCUT2D eigenvalue weighted by Gasteiger charge is 2.33. The lowest BCUT2D eigenvalue weighted by Crippen LogP contribution is -2.51. The fourth-order valence-corrected chi connectivity index (χ4v) is 4.44. The normalized spacial score (nSPS) is 14.6. The third kappa shape index (κ3) is 5.46. The Kier molecular flexibility index (Phi) is 7.50. The van der Waals surface area contributed by atoms with E-state index in [0.29, 0.717) is 12.2 Å². The highest BCUT2D eigenvalue weighted by Crippen LogP contribution is 2.21. The van der Waals surface area contributed by atoms with E-state index in [0.717, 1.165) is 5.56 Å². The van der Waals surface area contributed by atoms with Crippen LogP contribution in [0.15, 0.2) is 45.9 Å². The van der Waals surface area contributed by atoms with Crippen molar-refractivity contribution >= 4 is 21.9 Å². The SMILES string of the molecule is CCOC(=O)c1ccc(S(=O)(=O)N2CCN(C(=O)COc3ccc(CC#N)cc3)CC2)o1. The number of nitriles is 1. The van der Waals surface area contributed by atoms with Gasteiger partial charge in [-0.2, -0.15) is 9.57 Å². The van der Waals surface area contributed by atoms with Crippen molar-refractivity contribution in [2.45, 2.75) is 18.4 Å². The van der Waals surface area contributed by atoms with Crippen molar-refractivity contribution in [2.75, 3.05) is 39.4 Å². The van der Waals surface area contributed by atoms with E-state index in [-0.39, 0.29) is 56.2 Å². The van der Waals surface area contributed by atoms with Gasteiger partial charge >= 0.3 is 5.97 Å². The van der Waals surface area contributed by atoms with Crippen LogP contribution in [-0.2, 0) is 26.0 Å². The van der Waals surface area contributed by atoms with E-state index in [9.17, 15) is 18.0 Å². The number of esters is 1. The van der Waals surface area contributed by atoms with Crippen molar-refractivity contribution in [2.24, 2.45) is 0 Å². The van der Waals surface area contributed by atoms with Crippen LogP contribution in [0.5, 0.6) is 5.75 Å². The minimum atomic E-state index is -3.94. The predicted molar refractivity (Wildman–Crippen MR) is 111 cm³/mol. The summed E-state index contributed by atoms with van der Waals surface area (Å²) in [7, 11) is -3.94. The van der Waals surface area contributed by atoms with Crippen LogP contribution in [0.4, 0.5) is 0 Å². The number of sulfonamides is 1. The first-order valence-corrected chi connectivity index (χ1v) is 11.4. The van der Waals surface area contributed by atoms with Crippen LogP contribution in [0.1, 0.15) is 23.0 Å². The second-order valence-corrected chi connectivity index (χ2v) is 8.76. The maximum absolute atomic E-state index is 12.8. The lowest BCUT2D eigenvalue weighted by molar-refractivity contribution is -0.134. The number of amides is 1. The van der Waals surface area contributed by atoms with E-state index >= 15 is 0 Å². The number of rotatable bonds is 8. The van der Waals surface area contributed by atoms with Crippen molar-refractivity contribution in [3.05, 3.63) is 47.7 Å². The molecular formula is C21H23N3O7S. The zero-order valence-corrected chi connectivity index (χ0v) is 18.3. The lowest BCUT2D eigenvalue weighted by Gasteiger charge is -2.33. The number of carbonyl (C=O) groups excluding carboxylic acids is 2. The van der Waals surface area contributed by atoms with Crippen LogP contribution >= 0.6 is 0 Å². The maximum atomic E-state index is 12.8. The Balaban J connectivity index is 1.52. The molecule has 32 heavy (non-hydrogen) atoms. The van der Waals surface area contributed by atoms with Gasteiger partial charge in [-0.05, 0) is 36.8 Å². The summed E-state index contributed by atoms with van der Waals surface area (Å²) >= 11 is 0. The number of piperazine rings is 1. The van der Waals surface area contributed by atoms with Crippen LogP contribution in [0.25, 0.3) is 0 Å². The monoisotopic (exact) mass is 461 g/mol. The molecule has 2 aromatic rings. The van der Waals surface area contributed by atoms with Crippen LogP contribution in [-0.4, -0.2) is 68.9 Å². The third-order valence-electron chi connectivity index (χ3n) is 4.81. The van der Waals surface area contributed by atoms with Crippen LogP contribution in [0.3, 0.4) is 0 Å². The lowest BCUT2D eigenvalue weighted by atomic mass is 10.2. The number of furan rings is 1. The fourth-order valence-electron chi connectivity index (χ4n) is 3.11.